The van der Waals surface area contributed by atoms with E-state index in [4.69, 9.17) is 0 Å². The van der Waals surface area contributed by atoms with Gasteiger partial charge in [0, 0.05) is 37.3 Å². The minimum Gasteiger partial charge on any atom is -0.336 e. The second-order valence-corrected chi connectivity index (χ2v) is 5.47. The summed E-state index contributed by atoms with van der Waals surface area (Å²) in [4.78, 5) is 14.3. The van der Waals surface area contributed by atoms with Crippen LogP contribution in [-0.4, -0.2) is 26.6 Å². The number of hydrogen-bond acceptors (Lipinski definition) is 2. The molecule has 1 rings (SSSR count). The third kappa shape index (κ3) is 3.95. The lowest BCUT2D eigenvalue weighted by atomic mass is 10.1. The van der Waals surface area contributed by atoms with Crippen molar-refractivity contribution in [3.63, 3.8) is 0 Å². The van der Waals surface area contributed by atoms with Crippen LogP contribution in [0.4, 0.5) is 0 Å². The van der Waals surface area contributed by atoms with Gasteiger partial charge >= 0.3 is 0 Å². The summed E-state index contributed by atoms with van der Waals surface area (Å²) in [5.41, 5.74) is 3.30. The van der Waals surface area contributed by atoms with Crippen LogP contribution in [0.1, 0.15) is 50.6 Å². The van der Waals surface area contributed by atoms with Crippen molar-refractivity contribution in [2.24, 2.45) is 7.05 Å². The molecule has 20 heavy (non-hydrogen) atoms. The van der Waals surface area contributed by atoms with E-state index in [1.807, 2.05) is 35.7 Å². The SMILES string of the molecule is CCC=CCC(=O)N(Cc1c(C)nn(C)c1C)C(C)C. The fraction of sp³-hybridized carbons (Fsp3) is 0.625. The first kappa shape index (κ1) is 16.5. The second kappa shape index (κ2) is 7.27. The van der Waals surface area contributed by atoms with Gasteiger partial charge in [-0.1, -0.05) is 19.1 Å². The molecule has 0 fully saturated rings. The van der Waals surface area contributed by atoms with E-state index in [9.17, 15) is 4.79 Å². The maximum atomic E-state index is 12.3. The molecule has 0 spiro atoms. The fourth-order valence-corrected chi connectivity index (χ4v) is 2.24. The normalized spacial score (nSPS) is 11.6. The molecule has 0 N–H and O–H groups in total. The average molecular weight is 277 g/mol. The van der Waals surface area contributed by atoms with E-state index in [0.29, 0.717) is 13.0 Å². The van der Waals surface area contributed by atoms with Gasteiger partial charge in [-0.25, -0.2) is 0 Å². The van der Waals surface area contributed by atoms with Crippen LogP contribution < -0.4 is 0 Å². The number of amides is 1. The van der Waals surface area contributed by atoms with Crippen LogP contribution in [0.2, 0.25) is 0 Å². The molecule has 0 saturated heterocycles. The van der Waals surface area contributed by atoms with Crippen LogP contribution in [0.25, 0.3) is 0 Å². The van der Waals surface area contributed by atoms with E-state index in [2.05, 4.69) is 32.8 Å². The highest BCUT2D eigenvalue weighted by Crippen LogP contribution is 2.17. The summed E-state index contributed by atoms with van der Waals surface area (Å²) >= 11 is 0. The van der Waals surface area contributed by atoms with Gasteiger partial charge in [-0.3, -0.25) is 9.48 Å². The Morgan fingerprint density at radius 3 is 2.45 bits per heavy atom. The van der Waals surface area contributed by atoms with E-state index in [-0.39, 0.29) is 11.9 Å². The van der Waals surface area contributed by atoms with Crippen LogP contribution in [0.15, 0.2) is 12.2 Å². The molecule has 0 bridgehead atoms. The molecule has 0 aliphatic heterocycles. The maximum absolute atomic E-state index is 12.3. The predicted molar refractivity (Wildman–Crippen MR) is 82.4 cm³/mol. The number of carbonyl (C=O) groups excluding carboxylic acids is 1. The van der Waals surface area contributed by atoms with Gasteiger partial charge in [-0.05, 0) is 34.1 Å². The van der Waals surface area contributed by atoms with Crippen molar-refractivity contribution in [2.45, 2.75) is 60.0 Å². The Balaban J connectivity index is 2.87. The first-order valence-corrected chi connectivity index (χ1v) is 7.32. The molecule has 0 saturated carbocycles. The third-order valence-corrected chi connectivity index (χ3v) is 3.63. The maximum Gasteiger partial charge on any atom is 0.226 e. The lowest BCUT2D eigenvalue weighted by molar-refractivity contribution is -0.132. The summed E-state index contributed by atoms with van der Waals surface area (Å²) in [5.74, 6) is 0.173. The Labute approximate surface area is 122 Å². The molecule has 0 radical (unpaired) electrons. The highest BCUT2D eigenvalue weighted by molar-refractivity contribution is 5.78. The molecule has 0 aliphatic rings. The third-order valence-electron chi connectivity index (χ3n) is 3.63. The topological polar surface area (TPSA) is 38.1 Å². The number of nitrogens with zero attached hydrogens (tertiary/aromatic N) is 3. The quantitative estimate of drug-likeness (QED) is 0.749. The standard InChI is InChI=1S/C16H27N3O/c1-7-8-9-10-16(20)19(12(2)3)11-15-13(4)17-18(6)14(15)5/h8-9,12H,7,10-11H2,1-6H3. The van der Waals surface area contributed by atoms with Crippen molar-refractivity contribution in [1.82, 2.24) is 14.7 Å². The van der Waals surface area contributed by atoms with Crippen LogP contribution >= 0.6 is 0 Å². The van der Waals surface area contributed by atoms with Crippen LogP contribution in [-0.2, 0) is 18.4 Å². The highest BCUT2D eigenvalue weighted by atomic mass is 16.2. The van der Waals surface area contributed by atoms with Gasteiger partial charge in [0.15, 0.2) is 0 Å². The fourth-order valence-electron chi connectivity index (χ4n) is 2.24. The van der Waals surface area contributed by atoms with E-state index in [1.165, 1.54) is 0 Å². The van der Waals surface area contributed by atoms with Gasteiger partial charge in [0.05, 0.1) is 5.69 Å². The van der Waals surface area contributed by atoms with Gasteiger partial charge in [-0.2, -0.15) is 5.10 Å². The van der Waals surface area contributed by atoms with Crippen molar-refractivity contribution < 1.29 is 4.79 Å². The van der Waals surface area contributed by atoms with Crippen molar-refractivity contribution in [2.75, 3.05) is 0 Å². The molecule has 0 unspecified atom stereocenters. The van der Waals surface area contributed by atoms with Crippen molar-refractivity contribution in [3.05, 3.63) is 29.1 Å². The van der Waals surface area contributed by atoms with Crippen LogP contribution in [0, 0.1) is 13.8 Å². The van der Waals surface area contributed by atoms with Crippen LogP contribution in [0.3, 0.4) is 0 Å². The summed E-state index contributed by atoms with van der Waals surface area (Å²) in [6.45, 7) is 10.9. The molecule has 0 aromatic carbocycles. The van der Waals surface area contributed by atoms with Crippen LogP contribution in [0.5, 0.6) is 0 Å². The van der Waals surface area contributed by atoms with Gasteiger partial charge < -0.3 is 4.90 Å². The zero-order valence-electron chi connectivity index (χ0n) is 13.6. The largest absolute Gasteiger partial charge is 0.336 e. The summed E-state index contributed by atoms with van der Waals surface area (Å²) in [5, 5.41) is 4.42. The molecule has 1 heterocycles. The molecular weight excluding hydrogens is 250 g/mol. The zero-order chi connectivity index (χ0) is 15.3. The molecule has 1 aromatic heterocycles. The number of hydrogen-bond donors (Lipinski definition) is 0. The molecule has 1 aromatic rings. The molecule has 4 heteroatoms. The molecular formula is C16H27N3O. The summed E-state index contributed by atoms with van der Waals surface area (Å²) in [7, 11) is 1.94. The van der Waals surface area contributed by atoms with Gasteiger partial charge in [0.25, 0.3) is 0 Å². The van der Waals surface area contributed by atoms with Gasteiger partial charge in [0.1, 0.15) is 0 Å². The number of allylic oxidation sites excluding steroid dienone is 1. The highest BCUT2D eigenvalue weighted by Gasteiger charge is 2.20. The Bertz CT molecular complexity index is 486. The number of aromatic nitrogens is 2. The molecule has 0 atom stereocenters. The summed E-state index contributed by atoms with van der Waals surface area (Å²) in [6.07, 6.45) is 5.44. The molecule has 0 aliphatic carbocycles. The van der Waals surface area contributed by atoms with Crippen molar-refractivity contribution in [1.29, 1.82) is 0 Å². The number of rotatable bonds is 6. The molecule has 112 valence electrons. The second-order valence-electron chi connectivity index (χ2n) is 5.47. The Morgan fingerprint density at radius 2 is 2.00 bits per heavy atom. The zero-order valence-corrected chi connectivity index (χ0v) is 13.6. The van der Waals surface area contributed by atoms with Crippen molar-refractivity contribution >= 4 is 5.91 Å². The van der Waals surface area contributed by atoms with Gasteiger partial charge in [0.2, 0.25) is 5.91 Å². The first-order valence-electron chi connectivity index (χ1n) is 7.32. The minimum atomic E-state index is 0.173. The molecule has 4 nitrogen and oxygen atoms in total. The van der Waals surface area contributed by atoms with E-state index < -0.39 is 0 Å². The Kier molecular flexibility index (Phi) is 5.99. The smallest absolute Gasteiger partial charge is 0.226 e. The lowest BCUT2D eigenvalue weighted by Gasteiger charge is -2.26. The molecule has 1 amide bonds. The number of aryl methyl sites for hydroxylation is 2. The first-order chi connectivity index (χ1) is 9.38. The summed E-state index contributed by atoms with van der Waals surface area (Å²) in [6, 6.07) is 0.191. The predicted octanol–water partition coefficient (Wildman–Crippen LogP) is 3.13. The monoisotopic (exact) mass is 277 g/mol. The van der Waals surface area contributed by atoms with Gasteiger partial charge in [-0.15, -0.1) is 0 Å². The lowest BCUT2D eigenvalue weighted by Crippen LogP contribution is -2.36. The number of carbonyl (C=O) groups is 1. The summed E-state index contributed by atoms with van der Waals surface area (Å²) < 4.78 is 1.88. The van der Waals surface area contributed by atoms with Crippen molar-refractivity contribution in [3.8, 4) is 0 Å². The Hall–Kier alpha value is -1.58. The average Bonchev–Trinajstić information content (AvgIpc) is 2.61. The Morgan fingerprint density at radius 1 is 1.35 bits per heavy atom. The van der Waals surface area contributed by atoms with E-state index in [0.717, 1.165) is 23.4 Å². The minimum absolute atomic E-state index is 0.173. The van der Waals surface area contributed by atoms with E-state index in [1.54, 1.807) is 0 Å². The van der Waals surface area contributed by atoms with E-state index >= 15 is 0 Å².